The van der Waals surface area contributed by atoms with Crippen LogP contribution in [0.1, 0.15) is 10.9 Å². The third-order valence-corrected chi connectivity index (χ3v) is 2.52. The third-order valence-electron chi connectivity index (χ3n) is 1.64. The summed E-state index contributed by atoms with van der Waals surface area (Å²) in [6.07, 6.45) is 0. The molecule has 0 spiro atoms. The first kappa shape index (κ1) is 9.29. The van der Waals surface area contributed by atoms with Gasteiger partial charge in [0.15, 0.2) is 0 Å². The quantitative estimate of drug-likeness (QED) is 0.523. The fourth-order valence-electron chi connectivity index (χ4n) is 1.06. The second-order valence-corrected chi connectivity index (χ2v) is 3.46. The van der Waals surface area contributed by atoms with Crippen LogP contribution < -0.4 is 0 Å². The Kier molecular flexibility index (Phi) is 3.31. The highest BCUT2D eigenvalue weighted by Crippen LogP contribution is 2.16. The Morgan fingerprint density at radius 2 is 1.83 bits per heavy atom. The maximum atomic E-state index is 10.7. The molecule has 2 nitrogen and oxygen atoms in total. The molecule has 0 bridgehead atoms. The minimum Gasteiger partial charge on any atom is -0.249 e. The molecule has 0 amide bonds. The SMILES string of the molecule is CN(C)C([S+]=O)c1ccccc1. The Bertz CT molecular complexity index is 248. The van der Waals surface area contributed by atoms with E-state index in [1.54, 1.807) is 0 Å². The van der Waals surface area contributed by atoms with E-state index in [2.05, 4.69) is 0 Å². The molecule has 1 rings (SSSR count). The molecular weight excluding hydrogens is 170 g/mol. The zero-order chi connectivity index (χ0) is 8.97. The molecule has 3 heteroatoms. The molecule has 0 fully saturated rings. The van der Waals surface area contributed by atoms with E-state index in [1.807, 2.05) is 49.3 Å². The molecule has 0 saturated heterocycles. The lowest BCUT2D eigenvalue weighted by atomic mass is 10.2. The summed E-state index contributed by atoms with van der Waals surface area (Å²) in [5, 5.41) is -0.0776. The molecule has 0 radical (unpaired) electrons. The molecule has 0 aliphatic carbocycles. The lowest BCUT2D eigenvalue weighted by Gasteiger charge is -2.08. The Hall–Kier alpha value is -0.800. The smallest absolute Gasteiger partial charge is 0.249 e. The molecule has 0 heterocycles. The normalized spacial score (nSPS) is 12.9. The van der Waals surface area contributed by atoms with Crippen molar-refractivity contribution in [3.8, 4) is 0 Å². The number of hydrogen-bond acceptors (Lipinski definition) is 2. The van der Waals surface area contributed by atoms with Crippen molar-refractivity contribution in [1.29, 1.82) is 0 Å². The first-order valence-corrected chi connectivity index (χ1v) is 4.56. The van der Waals surface area contributed by atoms with Gasteiger partial charge in [-0.3, -0.25) is 0 Å². The average molecular weight is 182 g/mol. The van der Waals surface area contributed by atoms with Gasteiger partial charge in [-0.1, -0.05) is 30.3 Å². The van der Waals surface area contributed by atoms with Crippen LogP contribution in [0.25, 0.3) is 0 Å². The summed E-state index contributed by atoms with van der Waals surface area (Å²) in [6.45, 7) is 0. The van der Waals surface area contributed by atoms with E-state index in [0.717, 1.165) is 5.56 Å². The van der Waals surface area contributed by atoms with Crippen LogP contribution in [0, 0.1) is 0 Å². The summed E-state index contributed by atoms with van der Waals surface area (Å²) in [4.78, 5) is 1.91. The number of nitrogens with zero attached hydrogens (tertiary/aromatic N) is 1. The van der Waals surface area contributed by atoms with Crippen molar-refractivity contribution >= 4 is 11.7 Å². The largest absolute Gasteiger partial charge is 0.484 e. The van der Waals surface area contributed by atoms with Gasteiger partial charge in [-0.15, -0.1) is 0 Å². The van der Waals surface area contributed by atoms with Gasteiger partial charge < -0.3 is 0 Å². The summed E-state index contributed by atoms with van der Waals surface area (Å²) in [6, 6.07) is 9.78. The predicted octanol–water partition coefficient (Wildman–Crippen LogP) is 1.67. The van der Waals surface area contributed by atoms with Crippen LogP contribution in [0.3, 0.4) is 0 Å². The van der Waals surface area contributed by atoms with Gasteiger partial charge in [-0.05, 0) is 14.1 Å². The van der Waals surface area contributed by atoms with Crippen molar-refractivity contribution in [2.24, 2.45) is 0 Å². The van der Waals surface area contributed by atoms with Crippen LogP contribution in [0.2, 0.25) is 0 Å². The van der Waals surface area contributed by atoms with Crippen LogP contribution in [0.4, 0.5) is 0 Å². The average Bonchev–Trinajstić information content (AvgIpc) is 2.07. The highest BCUT2D eigenvalue weighted by molar-refractivity contribution is 7.65. The summed E-state index contributed by atoms with van der Waals surface area (Å²) in [5.41, 5.74) is 1.06. The van der Waals surface area contributed by atoms with Crippen molar-refractivity contribution < 1.29 is 4.21 Å². The molecule has 1 aromatic rings. The number of hydrogen-bond donors (Lipinski definition) is 0. The van der Waals surface area contributed by atoms with Gasteiger partial charge >= 0.3 is 17.0 Å². The Labute approximate surface area is 76.7 Å². The Morgan fingerprint density at radius 3 is 2.25 bits per heavy atom. The molecule has 64 valence electrons. The standard InChI is InChI=1S/C9H12NOS/c1-10(2)9(12-11)8-6-4-3-5-7-8/h3-7,9H,1-2H3/q+1. The first-order chi connectivity index (χ1) is 5.75. The van der Waals surface area contributed by atoms with Gasteiger partial charge in [0.05, 0.1) is 0 Å². The van der Waals surface area contributed by atoms with Crippen molar-refractivity contribution in [3.63, 3.8) is 0 Å². The van der Waals surface area contributed by atoms with E-state index in [1.165, 1.54) is 0 Å². The summed E-state index contributed by atoms with van der Waals surface area (Å²) in [5.74, 6) is 0. The molecule has 1 aromatic carbocycles. The van der Waals surface area contributed by atoms with Gasteiger partial charge in [0.2, 0.25) is 0 Å². The van der Waals surface area contributed by atoms with Crippen molar-refractivity contribution in [2.45, 2.75) is 5.37 Å². The maximum Gasteiger partial charge on any atom is 0.484 e. The van der Waals surface area contributed by atoms with Gasteiger partial charge in [-0.2, -0.15) is 0 Å². The third kappa shape index (κ3) is 2.09. The summed E-state index contributed by atoms with van der Waals surface area (Å²) in [7, 11) is 3.81. The second-order valence-electron chi connectivity index (χ2n) is 2.82. The molecule has 0 aliphatic heterocycles. The van der Waals surface area contributed by atoms with Gasteiger partial charge in [0, 0.05) is 9.77 Å². The van der Waals surface area contributed by atoms with E-state index in [0.29, 0.717) is 11.7 Å². The molecule has 0 aliphatic rings. The van der Waals surface area contributed by atoms with Crippen molar-refractivity contribution in [3.05, 3.63) is 35.9 Å². The van der Waals surface area contributed by atoms with Crippen LogP contribution in [0.5, 0.6) is 0 Å². The van der Waals surface area contributed by atoms with Crippen LogP contribution in [-0.4, -0.2) is 19.0 Å². The number of benzene rings is 1. The lowest BCUT2D eigenvalue weighted by Crippen LogP contribution is -2.18. The molecule has 0 aromatic heterocycles. The van der Waals surface area contributed by atoms with E-state index >= 15 is 0 Å². The van der Waals surface area contributed by atoms with Crippen LogP contribution in [-0.2, 0) is 15.9 Å². The molecule has 1 unspecified atom stereocenters. The summed E-state index contributed by atoms with van der Waals surface area (Å²) < 4.78 is 10.7. The first-order valence-electron chi connectivity index (χ1n) is 3.75. The minimum atomic E-state index is -0.0776. The van der Waals surface area contributed by atoms with Gasteiger partial charge in [0.25, 0.3) is 0 Å². The van der Waals surface area contributed by atoms with Crippen LogP contribution in [0.15, 0.2) is 30.3 Å². The highest BCUT2D eigenvalue weighted by Gasteiger charge is 2.25. The topological polar surface area (TPSA) is 20.3 Å². The van der Waals surface area contributed by atoms with Crippen LogP contribution >= 0.6 is 0 Å². The van der Waals surface area contributed by atoms with E-state index in [9.17, 15) is 4.21 Å². The molecule has 12 heavy (non-hydrogen) atoms. The van der Waals surface area contributed by atoms with E-state index in [-0.39, 0.29) is 5.37 Å². The van der Waals surface area contributed by atoms with E-state index < -0.39 is 0 Å². The predicted molar refractivity (Wildman–Crippen MR) is 50.9 cm³/mol. The maximum absolute atomic E-state index is 10.7. The van der Waals surface area contributed by atoms with Crippen molar-refractivity contribution in [2.75, 3.05) is 14.1 Å². The van der Waals surface area contributed by atoms with E-state index in [4.69, 9.17) is 0 Å². The minimum absolute atomic E-state index is 0.0776. The molecule has 1 atom stereocenters. The molecular formula is C9H12NOS+. The lowest BCUT2D eigenvalue weighted by molar-refractivity contribution is 0.384. The fraction of sp³-hybridized carbons (Fsp3) is 0.333. The Balaban J connectivity index is 2.88. The highest BCUT2D eigenvalue weighted by atomic mass is 32.1. The van der Waals surface area contributed by atoms with Crippen molar-refractivity contribution in [1.82, 2.24) is 4.90 Å². The Morgan fingerprint density at radius 1 is 1.25 bits per heavy atom. The van der Waals surface area contributed by atoms with Gasteiger partial charge in [0.1, 0.15) is 0 Å². The summed E-state index contributed by atoms with van der Waals surface area (Å²) >= 11 is 0.607. The number of rotatable bonds is 3. The zero-order valence-electron chi connectivity index (χ0n) is 7.23. The fourth-order valence-corrected chi connectivity index (χ4v) is 1.50. The molecule has 0 saturated carbocycles. The van der Waals surface area contributed by atoms with Gasteiger partial charge in [-0.25, -0.2) is 4.90 Å². The zero-order valence-corrected chi connectivity index (χ0v) is 8.04. The second kappa shape index (κ2) is 4.28. The molecule has 0 N–H and O–H groups in total. The monoisotopic (exact) mass is 182 g/mol.